The molecule has 0 aliphatic carbocycles. The molecule has 2 atom stereocenters. The summed E-state index contributed by atoms with van der Waals surface area (Å²) in [4.78, 5) is 22.1. The van der Waals surface area contributed by atoms with Gasteiger partial charge in [0.1, 0.15) is 6.04 Å². The topological polar surface area (TPSA) is 66.4 Å². The minimum Gasteiger partial charge on any atom is -0.480 e. The van der Waals surface area contributed by atoms with Crippen LogP contribution in [0.1, 0.15) is 26.7 Å². The number of carbonyl (C=O) groups is 2. The molecule has 0 aromatic carbocycles. The van der Waals surface area contributed by atoms with E-state index < -0.39 is 12.0 Å². The lowest BCUT2D eigenvalue weighted by molar-refractivity contribution is -0.141. The van der Waals surface area contributed by atoms with Crippen LogP contribution >= 0.6 is 11.8 Å². The van der Waals surface area contributed by atoms with Gasteiger partial charge in [-0.25, -0.2) is 4.79 Å². The van der Waals surface area contributed by atoms with Crippen LogP contribution in [0.25, 0.3) is 0 Å². The highest BCUT2D eigenvalue weighted by atomic mass is 32.2. The highest BCUT2D eigenvalue weighted by molar-refractivity contribution is 7.99. The molecule has 0 spiro atoms. The first-order chi connectivity index (χ1) is 6.52. The maximum absolute atomic E-state index is 11.4. The Morgan fingerprint density at radius 2 is 2.07 bits per heavy atom. The number of thioether (sulfide) groups is 1. The second-order valence-corrected chi connectivity index (χ2v) is 4.24. The van der Waals surface area contributed by atoms with Crippen LogP contribution in [0.3, 0.4) is 0 Å². The third-order valence-electron chi connectivity index (χ3n) is 1.91. The van der Waals surface area contributed by atoms with Crippen molar-refractivity contribution in [2.24, 2.45) is 0 Å². The molecule has 14 heavy (non-hydrogen) atoms. The molecule has 82 valence electrons. The van der Waals surface area contributed by atoms with Gasteiger partial charge >= 0.3 is 5.97 Å². The highest BCUT2D eigenvalue weighted by Gasteiger charge is 2.21. The predicted octanol–water partition coefficient (Wildman–Crippen LogP) is 1.11. The summed E-state index contributed by atoms with van der Waals surface area (Å²) in [5.41, 5.74) is 0. The van der Waals surface area contributed by atoms with Crippen molar-refractivity contribution in [1.29, 1.82) is 0 Å². The molecular weight excluding hydrogens is 202 g/mol. The number of carboxylic acids is 1. The second-order valence-electron chi connectivity index (χ2n) is 3.07. The van der Waals surface area contributed by atoms with Crippen LogP contribution in [-0.2, 0) is 9.59 Å². The maximum atomic E-state index is 11.4. The van der Waals surface area contributed by atoms with E-state index in [1.807, 2.05) is 13.2 Å². The molecule has 0 aliphatic rings. The molecule has 0 aromatic rings. The van der Waals surface area contributed by atoms with Crippen molar-refractivity contribution in [1.82, 2.24) is 5.32 Å². The Morgan fingerprint density at radius 3 is 2.43 bits per heavy atom. The first-order valence-corrected chi connectivity index (χ1v) is 5.87. The fourth-order valence-corrected chi connectivity index (χ4v) is 1.22. The fourth-order valence-electron chi connectivity index (χ4n) is 0.942. The Hall–Kier alpha value is -0.710. The van der Waals surface area contributed by atoms with Crippen molar-refractivity contribution in [2.75, 3.05) is 6.26 Å². The summed E-state index contributed by atoms with van der Waals surface area (Å²) in [5.74, 6) is -1.17. The normalized spacial score (nSPS) is 14.5. The zero-order valence-electron chi connectivity index (χ0n) is 8.74. The van der Waals surface area contributed by atoms with Gasteiger partial charge in [0.25, 0.3) is 0 Å². The minimum atomic E-state index is -0.964. The monoisotopic (exact) mass is 219 g/mol. The predicted molar refractivity (Wildman–Crippen MR) is 57.5 cm³/mol. The molecule has 0 fully saturated rings. The zero-order valence-corrected chi connectivity index (χ0v) is 9.56. The van der Waals surface area contributed by atoms with Crippen LogP contribution in [0, 0.1) is 0 Å². The largest absolute Gasteiger partial charge is 0.480 e. The van der Waals surface area contributed by atoms with Crippen molar-refractivity contribution in [3.8, 4) is 0 Å². The maximum Gasteiger partial charge on any atom is 0.326 e. The van der Waals surface area contributed by atoms with Crippen LogP contribution in [0.4, 0.5) is 0 Å². The van der Waals surface area contributed by atoms with Crippen LogP contribution in [-0.4, -0.2) is 34.5 Å². The quantitative estimate of drug-likeness (QED) is 0.702. The number of hydrogen-bond donors (Lipinski definition) is 2. The molecule has 0 bridgehead atoms. The smallest absolute Gasteiger partial charge is 0.326 e. The lowest BCUT2D eigenvalue weighted by Gasteiger charge is -2.15. The average Bonchev–Trinajstić information content (AvgIpc) is 2.15. The lowest BCUT2D eigenvalue weighted by atomic mass is 10.1. The van der Waals surface area contributed by atoms with Crippen LogP contribution in [0.5, 0.6) is 0 Å². The molecule has 2 unspecified atom stereocenters. The first-order valence-electron chi connectivity index (χ1n) is 4.58. The molecule has 0 aliphatic heterocycles. The summed E-state index contributed by atoms with van der Waals surface area (Å²) in [6.07, 6.45) is 3.03. The number of rotatable bonds is 6. The molecule has 0 saturated carbocycles. The molecule has 0 heterocycles. The van der Waals surface area contributed by atoms with Crippen molar-refractivity contribution in [3.63, 3.8) is 0 Å². The van der Waals surface area contributed by atoms with Gasteiger partial charge in [-0.1, -0.05) is 13.3 Å². The SMILES string of the molecule is CCCC(NC(=O)C(C)SC)C(=O)O. The van der Waals surface area contributed by atoms with Crippen LogP contribution < -0.4 is 5.32 Å². The molecule has 2 N–H and O–H groups in total. The van der Waals surface area contributed by atoms with Gasteiger partial charge in [-0.3, -0.25) is 4.79 Å². The number of hydrogen-bond acceptors (Lipinski definition) is 3. The summed E-state index contributed by atoms with van der Waals surface area (Å²) in [5, 5.41) is 11.1. The number of nitrogens with one attached hydrogen (secondary N) is 1. The molecule has 0 saturated heterocycles. The van der Waals surface area contributed by atoms with E-state index >= 15 is 0 Å². The summed E-state index contributed by atoms with van der Waals surface area (Å²) in [6.45, 7) is 3.64. The molecule has 0 aromatic heterocycles. The second kappa shape index (κ2) is 6.70. The Morgan fingerprint density at radius 1 is 1.50 bits per heavy atom. The van der Waals surface area contributed by atoms with Crippen molar-refractivity contribution in [3.05, 3.63) is 0 Å². The average molecular weight is 219 g/mol. The van der Waals surface area contributed by atoms with E-state index in [4.69, 9.17) is 5.11 Å². The van der Waals surface area contributed by atoms with Crippen LogP contribution in [0.15, 0.2) is 0 Å². The van der Waals surface area contributed by atoms with E-state index in [9.17, 15) is 9.59 Å². The van der Waals surface area contributed by atoms with Gasteiger partial charge in [0.05, 0.1) is 5.25 Å². The van der Waals surface area contributed by atoms with Gasteiger partial charge in [0.15, 0.2) is 0 Å². The van der Waals surface area contributed by atoms with E-state index in [2.05, 4.69) is 5.32 Å². The van der Waals surface area contributed by atoms with E-state index in [0.29, 0.717) is 6.42 Å². The molecule has 0 rings (SSSR count). The van der Waals surface area contributed by atoms with E-state index in [1.54, 1.807) is 6.92 Å². The fraction of sp³-hybridized carbons (Fsp3) is 0.778. The van der Waals surface area contributed by atoms with Gasteiger partial charge in [0.2, 0.25) is 5.91 Å². The van der Waals surface area contributed by atoms with Crippen molar-refractivity contribution in [2.45, 2.75) is 38.0 Å². The van der Waals surface area contributed by atoms with E-state index in [-0.39, 0.29) is 11.2 Å². The van der Waals surface area contributed by atoms with E-state index in [1.165, 1.54) is 11.8 Å². The summed E-state index contributed by atoms with van der Waals surface area (Å²) in [6, 6.07) is -0.748. The standard InChI is InChI=1S/C9H17NO3S/c1-4-5-7(9(12)13)10-8(11)6(2)14-3/h6-7H,4-5H2,1-3H3,(H,10,11)(H,12,13). The number of carbonyl (C=O) groups excluding carboxylic acids is 1. The number of carboxylic acid groups (broad SMARTS) is 1. The van der Waals surface area contributed by atoms with Gasteiger partial charge in [0, 0.05) is 0 Å². The number of amides is 1. The zero-order chi connectivity index (χ0) is 11.1. The number of aliphatic carboxylic acids is 1. The molecule has 5 heteroatoms. The van der Waals surface area contributed by atoms with Crippen molar-refractivity contribution < 1.29 is 14.7 Å². The Kier molecular flexibility index (Phi) is 6.36. The minimum absolute atomic E-state index is 0.200. The molecular formula is C9H17NO3S. The van der Waals surface area contributed by atoms with Gasteiger partial charge in [-0.15, -0.1) is 0 Å². The summed E-state index contributed by atoms with van der Waals surface area (Å²) >= 11 is 1.40. The Labute approximate surface area is 88.4 Å². The molecule has 4 nitrogen and oxygen atoms in total. The lowest BCUT2D eigenvalue weighted by Crippen LogP contribution is -2.43. The molecule has 1 amide bonds. The van der Waals surface area contributed by atoms with Crippen LogP contribution in [0.2, 0.25) is 0 Å². The Bertz CT molecular complexity index is 208. The molecule has 0 radical (unpaired) electrons. The van der Waals surface area contributed by atoms with Crippen molar-refractivity contribution >= 4 is 23.6 Å². The highest BCUT2D eigenvalue weighted by Crippen LogP contribution is 2.06. The Balaban J connectivity index is 4.15. The van der Waals surface area contributed by atoms with E-state index in [0.717, 1.165) is 6.42 Å². The van der Waals surface area contributed by atoms with Gasteiger partial charge in [-0.2, -0.15) is 11.8 Å². The van der Waals surface area contributed by atoms with Gasteiger partial charge < -0.3 is 10.4 Å². The summed E-state index contributed by atoms with van der Waals surface area (Å²) in [7, 11) is 0. The van der Waals surface area contributed by atoms with Gasteiger partial charge in [-0.05, 0) is 19.6 Å². The first kappa shape index (κ1) is 13.3. The third-order valence-corrected chi connectivity index (χ3v) is 2.84. The summed E-state index contributed by atoms with van der Waals surface area (Å²) < 4.78 is 0. The third kappa shape index (κ3) is 4.50.